The lowest BCUT2D eigenvalue weighted by Crippen LogP contribution is -2.06. The Hall–Kier alpha value is -1.89. The number of halogens is 1. The molecule has 24 heavy (non-hydrogen) atoms. The minimum atomic E-state index is -0.523. The minimum absolute atomic E-state index is 0.125. The minimum Gasteiger partial charge on any atom is -0.494 e. The fourth-order valence-electron chi connectivity index (χ4n) is 2.74. The molecule has 2 fully saturated rings. The number of carbonyl (C=O) groups is 1. The first-order valence-corrected chi connectivity index (χ1v) is 9.10. The van der Waals surface area contributed by atoms with E-state index in [0.29, 0.717) is 17.5 Å². The van der Waals surface area contributed by atoms with Crippen LogP contribution in [0.25, 0.3) is 0 Å². The van der Waals surface area contributed by atoms with Crippen molar-refractivity contribution < 1.29 is 13.9 Å². The summed E-state index contributed by atoms with van der Waals surface area (Å²) >= 11 is 1.39. The standard InChI is InChI=1S/C17H18FN3O2S/c1-23-15-7-4-11(8-13(15)18)14(22)9-24-17-20-19-16(10-2-3-10)21(17)12-5-6-12/h4,7-8,10,12H,2-3,5-6,9H2,1H3. The fraction of sp³-hybridized carbons (Fsp3) is 0.471. The van der Waals surface area contributed by atoms with Crippen LogP contribution in [0.2, 0.25) is 0 Å². The molecule has 5 nitrogen and oxygen atoms in total. The number of hydrogen-bond donors (Lipinski definition) is 0. The van der Waals surface area contributed by atoms with Gasteiger partial charge in [-0.2, -0.15) is 0 Å². The molecule has 1 heterocycles. The molecule has 0 unspecified atom stereocenters. The van der Waals surface area contributed by atoms with E-state index in [4.69, 9.17) is 4.74 Å². The molecule has 0 N–H and O–H groups in total. The maximum absolute atomic E-state index is 13.7. The van der Waals surface area contributed by atoms with E-state index in [9.17, 15) is 9.18 Å². The molecule has 0 radical (unpaired) electrons. The first-order valence-electron chi connectivity index (χ1n) is 8.11. The van der Waals surface area contributed by atoms with Crippen LogP contribution in [-0.2, 0) is 0 Å². The Bertz CT molecular complexity index is 784. The van der Waals surface area contributed by atoms with Gasteiger partial charge in [-0.1, -0.05) is 11.8 Å². The number of rotatable bonds is 7. The first kappa shape index (κ1) is 15.6. The molecule has 0 bridgehead atoms. The third-order valence-electron chi connectivity index (χ3n) is 4.35. The Balaban J connectivity index is 1.47. The SMILES string of the molecule is COc1ccc(C(=O)CSc2nnc(C3CC3)n2C2CC2)cc1F. The summed E-state index contributed by atoms with van der Waals surface area (Å²) in [5.41, 5.74) is 0.348. The zero-order chi connectivity index (χ0) is 16.7. The number of carbonyl (C=O) groups excluding carboxylic acids is 1. The highest BCUT2D eigenvalue weighted by molar-refractivity contribution is 7.99. The molecular weight excluding hydrogens is 329 g/mol. The lowest BCUT2D eigenvalue weighted by molar-refractivity contribution is 0.102. The van der Waals surface area contributed by atoms with Gasteiger partial charge in [0.05, 0.1) is 12.9 Å². The van der Waals surface area contributed by atoms with Gasteiger partial charge < -0.3 is 9.30 Å². The van der Waals surface area contributed by atoms with Crippen LogP contribution in [0.4, 0.5) is 4.39 Å². The fourth-order valence-corrected chi connectivity index (χ4v) is 3.64. The van der Waals surface area contributed by atoms with Gasteiger partial charge in [0, 0.05) is 17.5 Å². The van der Waals surface area contributed by atoms with Gasteiger partial charge in [0.2, 0.25) is 0 Å². The van der Waals surface area contributed by atoms with Crippen LogP contribution < -0.4 is 4.74 Å². The zero-order valence-corrected chi connectivity index (χ0v) is 14.2. The monoisotopic (exact) mass is 347 g/mol. The zero-order valence-electron chi connectivity index (χ0n) is 13.4. The van der Waals surface area contributed by atoms with Crippen molar-refractivity contribution >= 4 is 17.5 Å². The largest absolute Gasteiger partial charge is 0.494 e. The number of aromatic nitrogens is 3. The molecule has 0 saturated heterocycles. The number of ketones is 1. The third kappa shape index (κ3) is 3.05. The van der Waals surface area contributed by atoms with E-state index in [1.165, 1.54) is 43.8 Å². The Kier molecular flexibility index (Phi) is 4.04. The van der Waals surface area contributed by atoms with Crippen molar-refractivity contribution in [3.8, 4) is 5.75 Å². The van der Waals surface area contributed by atoms with Crippen molar-refractivity contribution in [1.82, 2.24) is 14.8 Å². The number of hydrogen-bond acceptors (Lipinski definition) is 5. The Morgan fingerprint density at radius 2 is 2.12 bits per heavy atom. The molecule has 126 valence electrons. The summed E-state index contributed by atoms with van der Waals surface area (Å²) in [5, 5.41) is 9.42. The highest BCUT2D eigenvalue weighted by Crippen LogP contribution is 2.46. The molecule has 0 amide bonds. The molecule has 2 aliphatic rings. The summed E-state index contributed by atoms with van der Waals surface area (Å²) in [4.78, 5) is 12.3. The summed E-state index contributed by atoms with van der Waals surface area (Å²) in [6.07, 6.45) is 4.67. The van der Waals surface area contributed by atoms with E-state index in [-0.39, 0.29) is 17.3 Å². The number of Topliss-reactive ketones (excluding diaryl/α,β-unsaturated/α-hetero) is 1. The van der Waals surface area contributed by atoms with Crippen molar-refractivity contribution in [3.05, 3.63) is 35.4 Å². The predicted octanol–water partition coefficient (Wildman–Crippen LogP) is 3.61. The summed E-state index contributed by atoms with van der Waals surface area (Å²) in [5.74, 6) is 1.33. The first-order chi connectivity index (χ1) is 11.7. The second-order valence-corrected chi connectivity index (χ2v) is 7.22. The van der Waals surface area contributed by atoms with Crippen molar-refractivity contribution in [1.29, 1.82) is 0 Å². The van der Waals surface area contributed by atoms with Crippen LogP contribution >= 0.6 is 11.8 Å². The molecule has 7 heteroatoms. The lowest BCUT2D eigenvalue weighted by Gasteiger charge is -2.08. The molecule has 0 spiro atoms. The smallest absolute Gasteiger partial charge is 0.191 e. The quantitative estimate of drug-likeness (QED) is 0.566. The van der Waals surface area contributed by atoms with Gasteiger partial charge >= 0.3 is 0 Å². The number of thioether (sulfide) groups is 1. The maximum Gasteiger partial charge on any atom is 0.191 e. The second kappa shape index (κ2) is 6.20. The number of nitrogens with zero attached hydrogens (tertiary/aromatic N) is 3. The lowest BCUT2D eigenvalue weighted by atomic mass is 10.1. The Morgan fingerprint density at radius 1 is 1.33 bits per heavy atom. The van der Waals surface area contributed by atoms with E-state index >= 15 is 0 Å². The van der Waals surface area contributed by atoms with Crippen molar-refractivity contribution in [2.45, 2.75) is 42.8 Å². The van der Waals surface area contributed by atoms with Gasteiger partial charge in [0.15, 0.2) is 22.5 Å². The highest BCUT2D eigenvalue weighted by Gasteiger charge is 2.36. The van der Waals surface area contributed by atoms with E-state index in [1.54, 1.807) is 6.07 Å². The van der Waals surface area contributed by atoms with Crippen molar-refractivity contribution in [2.75, 3.05) is 12.9 Å². The third-order valence-corrected chi connectivity index (χ3v) is 5.29. The van der Waals surface area contributed by atoms with Crippen LogP contribution in [-0.4, -0.2) is 33.4 Å². The van der Waals surface area contributed by atoms with Crippen molar-refractivity contribution in [2.24, 2.45) is 0 Å². The van der Waals surface area contributed by atoms with Gasteiger partial charge in [-0.05, 0) is 43.9 Å². The van der Waals surface area contributed by atoms with Crippen molar-refractivity contribution in [3.63, 3.8) is 0 Å². The molecule has 2 aromatic rings. The molecule has 1 aromatic heterocycles. The molecule has 0 aliphatic heterocycles. The molecule has 2 aliphatic carbocycles. The van der Waals surface area contributed by atoms with Crippen LogP contribution in [0.1, 0.15) is 53.8 Å². The summed E-state index contributed by atoms with van der Waals surface area (Å²) < 4.78 is 20.8. The normalized spacial score (nSPS) is 17.1. The average molecular weight is 347 g/mol. The number of methoxy groups -OCH3 is 1. The highest BCUT2D eigenvalue weighted by atomic mass is 32.2. The van der Waals surface area contributed by atoms with Gasteiger partial charge in [-0.25, -0.2) is 4.39 Å². The molecule has 4 rings (SSSR count). The van der Waals surface area contributed by atoms with Gasteiger partial charge in [-0.15, -0.1) is 10.2 Å². The second-order valence-electron chi connectivity index (χ2n) is 6.28. The number of ether oxygens (including phenoxy) is 1. The van der Waals surface area contributed by atoms with Crippen LogP contribution in [0.5, 0.6) is 5.75 Å². The van der Waals surface area contributed by atoms with E-state index in [1.807, 2.05) is 0 Å². The van der Waals surface area contributed by atoms with E-state index < -0.39 is 5.82 Å². The molecule has 0 atom stereocenters. The predicted molar refractivity (Wildman–Crippen MR) is 88.3 cm³/mol. The Labute approximate surface area is 143 Å². The van der Waals surface area contributed by atoms with Crippen LogP contribution in [0.15, 0.2) is 23.4 Å². The molecular formula is C17H18FN3O2S. The molecule has 1 aromatic carbocycles. The summed E-state index contributed by atoms with van der Waals surface area (Å²) in [6, 6.07) is 4.78. The van der Waals surface area contributed by atoms with E-state index in [0.717, 1.165) is 23.8 Å². The Morgan fingerprint density at radius 3 is 2.75 bits per heavy atom. The van der Waals surface area contributed by atoms with Crippen LogP contribution in [0, 0.1) is 5.82 Å². The topological polar surface area (TPSA) is 57.0 Å². The van der Waals surface area contributed by atoms with E-state index in [2.05, 4.69) is 14.8 Å². The summed E-state index contributed by atoms with van der Waals surface area (Å²) in [7, 11) is 1.40. The van der Waals surface area contributed by atoms with Crippen LogP contribution in [0.3, 0.4) is 0 Å². The maximum atomic E-state index is 13.7. The average Bonchev–Trinajstić information content (AvgIpc) is 3.51. The number of benzene rings is 1. The summed E-state index contributed by atoms with van der Waals surface area (Å²) in [6.45, 7) is 0. The van der Waals surface area contributed by atoms with Gasteiger partial charge in [0.25, 0.3) is 0 Å². The van der Waals surface area contributed by atoms with Gasteiger partial charge in [0.1, 0.15) is 5.82 Å². The van der Waals surface area contributed by atoms with Gasteiger partial charge in [-0.3, -0.25) is 4.79 Å². The molecule has 2 saturated carbocycles.